The minimum atomic E-state index is -3.82. The van der Waals surface area contributed by atoms with Crippen LogP contribution in [-0.4, -0.2) is 47.9 Å². The average molecular weight is 406 g/mol. The molecule has 0 radical (unpaired) electrons. The molecule has 132 valence electrons. The van der Waals surface area contributed by atoms with Gasteiger partial charge in [0, 0.05) is 19.7 Å². The number of sulfonamides is 1. The van der Waals surface area contributed by atoms with E-state index in [1.807, 2.05) is 0 Å². The second kappa shape index (κ2) is 8.71. The van der Waals surface area contributed by atoms with Gasteiger partial charge < -0.3 is 14.8 Å². The first-order valence-corrected chi connectivity index (χ1v) is 8.92. The third kappa shape index (κ3) is 4.85. The zero-order valence-corrected chi connectivity index (χ0v) is 15.8. The van der Waals surface area contributed by atoms with Gasteiger partial charge in [0.05, 0.1) is 29.3 Å². The Morgan fingerprint density at radius 3 is 2.57 bits per heavy atom. The van der Waals surface area contributed by atoms with E-state index in [9.17, 15) is 8.42 Å². The number of nitrogens with one attached hydrogen (secondary N) is 2. The predicted octanol–water partition coefficient (Wildman–Crippen LogP) is 2.08. The van der Waals surface area contributed by atoms with Gasteiger partial charge in [0.2, 0.25) is 10.0 Å². The van der Waals surface area contributed by atoms with Crippen molar-refractivity contribution >= 4 is 45.6 Å². The van der Waals surface area contributed by atoms with Gasteiger partial charge in [0.1, 0.15) is 10.6 Å². The Balaban J connectivity index is 0.00000264. The van der Waals surface area contributed by atoms with Crippen LogP contribution in [0.15, 0.2) is 17.0 Å². The van der Waals surface area contributed by atoms with Crippen molar-refractivity contribution in [3.63, 3.8) is 0 Å². The molecule has 1 aromatic carbocycles. The summed E-state index contributed by atoms with van der Waals surface area (Å²) in [7, 11) is -0.828. The highest BCUT2D eigenvalue weighted by molar-refractivity contribution is 7.89. The van der Waals surface area contributed by atoms with Crippen molar-refractivity contribution in [2.24, 2.45) is 0 Å². The van der Waals surface area contributed by atoms with E-state index in [-0.39, 0.29) is 39.5 Å². The Bertz CT molecular complexity index is 642. The number of hydrogen-bond acceptors (Lipinski definition) is 5. The van der Waals surface area contributed by atoms with Crippen molar-refractivity contribution < 1.29 is 17.9 Å². The minimum Gasteiger partial charge on any atom is -0.495 e. The lowest BCUT2D eigenvalue weighted by molar-refractivity contribution is 0.0555. The maximum absolute atomic E-state index is 12.6. The standard InChI is InChI=1S/C13H18Cl2N2O4S.ClH/c1-20-11-3-4-16-7-10(11)17-22(18,19)13-6-8(14)12(21-2)5-9(13)15;/h5-6,10-11,16-17H,3-4,7H2,1-2H3;1H/t10-,11+;/m0./s1. The van der Waals surface area contributed by atoms with E-state index in [0.29, 0.717) is 12.3 Å². The van der Waals surface area contributed by atoms with E-state index >= 15 is 0 Å². The molecule has 1 fully saturated rings. The number of hydrogen-bond donors (Lipinski definition) is 2. The highest BCUT2D eigenvalue weighted by atomic mass is 35.5. The molecule has 1 saturated heterocycles. The molecule has 0 bridgehead atoms. The summed E-state index contributed by atoms with van der Waals surface area (Å²) in [5.41, 5.74) is 0. The van der Waals surface area contributed by atoms with Crippen LogP contribution in [0, 0.1) is 0 Å². The van der Waals surface area contributed by atoms with Crippen molar-refractivity contribution in [3.05, 3.63) is 22.2 Å². The third-order valence-electron chi connectivity index (χ3n) is 3.52. The summed E-state index contributed by atoms with van der Waals surface area (Å²) >= 11 is 12.0. The zero-order valence-electron chi connectivity index (χ0n) is 12.6. The van der Waals surface area contributed by atoms with E-state index in [0.717, 1.165) is 13.0 Å². The van der Waals surface area contributed by atoms with Crippen molar-refractivity contribution in [2.45, 2.75) is 23.5 Å². The van der Waals surface area contributed by atoms with E-state index in [2.05, 4.69) is 10.0 Å². The van der Waals surface area contributed by atoms with E-state index in [1.54, 1.807) is 7.11 Å². The summed E-state index contributed by atoms with van der Waals surface area (Å²) in [6.07, 6.45) is 0.532. The highest BCUT2D eigenvalue weighted by Gasteiger charge is 2.30. The molecule has 1 aliphatic heterocycles. The zero-order chi connectivity index (χ0) is 16.3. The fourth-order valence-corrected chi connectivity index (χ4v) is 4.48. The Morgan fingerprint density at radius 2 is 1.96 bits per heavy atom. The fraction of sp³-hybridized carbons (Fsp3) is 0.538. The van der Waals surface area contributed by atoms with Gasteiger partial charge in [-0.2, -0.15) is 0 Å². The molecule has 6 nitrogen and oxygen atoms in total. The van der Waals surface area contributed by atoms with Gasteiger partial charge in [-0.15, -0.1) is 12.4 Å². The van der Waals surface area contributed by atoms with Crippen LogP contribution in [0.5, 0.6) is 5.75 Å². The smallest absolute Gasteiger partial charge is 0.242 e. The van der Waals surface area contributed by atoms with Gasteiger partial charge in [-0.05, 0) is 19.0 Å². The summed E-state index contributed by atoms with van der Waals surface area (Å²) in [6.45, 7) is 1.27. The Morgan fingerprint density at radius 1 is 1.26 bits per heavy atom. The maximum atomic E-state index is 12.6. The molecule has 2 atom stereocenters. The van der Waals surface area contributed by atoms with Gasteiger partial charge in [-0.25, -0.2) is 13.1 Å². The summed E-state index contributed by atoms with van der Waals surface area (Å²) < 4.78 is 38.1. The van der Waals surface area contributed by atoms with Crippen LogP contribution in [0.25, 0.3) is 0 Å². The van der Waals surface area contributed by atoms with Crippen molar-refractivity contribution in [1.82, 2.24) is 10.0 Å². The molecule has 0 unspecified atom stereocenters. The van der Waals surface area contributed by atoms with Crippen molar-refractivity contribution in [1.29, 1.82) is 0 Å². The van der Waals surface area contributed by atoms with Crippen LogP contribution in [0.4, 0.5) is 0 Å². The molecule has 1 aromatic rings. The molecular weight excluding hydrogens is 387 g/mol. The van der Waals surface area contributed by atoms with Gasteiger partial charge in [-0.3, -0.25) is 0 Å². The second-order valence-electron chi connectivity index (χ2n) is 4.91. The first-order valence-electron chi connectivity index (χ1n) is 6.68. The predicted molar refractivity (Wildman–Crippen MR) is 92.7 cm³/mol. The second-order valence-corrected chi connectivity index (χ2v) is 7.41. The molecule has 0 aromatic heterocycles. The van der Waals surface area contributed by atoms with Gasteiger partial charge >= 0.3 is 0 Å². The summed E-state index contributed by atoms with van der Waals surface area (Å²) in [5, 5.41) is 3.36. The van der Waals surface area contributed by atoms with Crippen molar-refractivity contribution in [3.8, 4) is 5.75 Å². The number of rotatable bonds is 5. The molecule has 0 aliphatic carbocycles. The van der Waals surface area contributed by atoms with Gasteiger partial charge in [0.25, 0.3) is 0 Å². The molecule has 0 saturated carbocycles. The first kappa shape index (κ1) is 20.8. The third-order valence-corrected chi connectivity index (χ3v) is 5.77. The minimum absolute atomic E-state index is 0. The van der Waals surface area contributed by atoms with E-state index in [1.165, 1.54) is 19.2 Å². The van der Waals surface area contributed by atoms with Crippen LogP contribution in [-0.2, 0) is 14.8 Å². The fourth-order valence-electron chi connectivity index (χ4n) is 2.37. The van der Waals surface area contributed by atoms with Crippen LogP contribution in [0.2, 0.25) is 10.0 Å². The summed E-state index contributed by atoms with van der Waals surface area (Å²) in [5.74, 6) is 0.319. The monoisotopic (exact) mass is 404 g/mol. The lowest BCUT2D eigenvalue weighted by Gasteiger charge is -2.31. The molecule has 10 heteroatoms. The number of ether oxygens (including phenoxy) is 2. The number of halogens is 3. The molecule has 0 spiro atoms. The van der Waals surface area contributed by atoms with Crippen LogP contribution < -0.4 is 14.8 Å². The number of methoxy groups -OCH3 is 2. The highest BCUT2D eigenvalue weighted by Crippen LogP contribution is 2.33. The first-order chi connectivity index (χ1) is 10.4. The Kier molecular flexibility index (Phi) is 7.86. The topological polar surface area (TPSA) is 76.7 Å². The molecule has 23 heavy (non-hydrogen) atoms. The van der Waals surface area contributed by atoms with Crippen LogP contribution >= 0.6 is 35.6 Å². The molecule has 1 heterocycles. The number of piperidine rings is 1. The molecule has 0 amide bonds. The van der Waals surface area contributed by atoms with E-state index in [4.69, 9.17) is 32.7 Å². The van der Waals surface area contributed by atoms with E-state index < -0.39 is 10.0 Å². The average Bonchev–Trinajstić information content (AvgIpc) is 2.49. The normalized spacial score (nSPS) is 21.6. The SMILES string of the molecule is COc1cc(Cl)c(S(=O)(=O)N[C@H]2CNCC[C@H]2OC)cc1Cl.Cl. The quantitative estimate of drug-likeness (QED) is 0.784. The molecule has 2 rings (SSSR count). The lowest BCUT2D eigenvalue weighted by Crippen LogP contribution is -2.54. The van der Waals surface area contributed by atoms with Gasteiger partial charge in [0.15, 0.2) is 0 Å². The summed E-state index contributed by atoms with van der Waals surface area (Å²) in [6, 6.07) is 2.29. The largest absolute Gasteiger partial charge is 0.495 e. The maximum Gasteiger partial charge on any atom is 0.242 e. The van der Waals surface area contributed by atoms with Crippen LogP contribution in [0.1, 0.15) is 6.42 Å². The molecule has 2 N–H and O–H groups in total. The number of benzene rings is 1. The lowest BCUT2D eigenvalue weighted by atomic mass is 10.1. The molecular formula is C13H19Cl3N2O4S. The van der Waals surface area contributed by atoms with Gasteiger partial charge in [-0.1, -0.05) is 23.2 Å². The Labute approximate surface area is 152 Å². The Hall–Kier alpha value is -0.280. The van der Waals surface area contributed by atoms with Crippen molar-refractivity contribution in [2.75, 3.05) is 27.3 Å². The van der Waals surface area contributed by atoms with Crippen LogP contribution in [0.3, 0.4) is 0 Å². The summed E-state index contributed by atoms with van der Waals surface area (Å²) in [4.78, 5) is -0.0830. The molecule has 1 aliphatic rings.